The zero-order chi connectivity index (χ0) is 3.58. The van der Waals surface area contributed by atoms with E-state index in [2.05, 4.69) is 0 Å². The normalized spacial score (nSPS) is 4.00. The number of carboxylic acid groups (broad SMARTS) is 2. The number of rotatable bonds is 0. The molecule has 34 valence electrons. The SMILES string of the molecule is N.O=C(O)O.[Ca]. The van der Waals surface area contributed by atoms with Gasteiger partial charge in [0.2, 0.25) is 0 Å². The van der Waals surface area contributed by atoms with Gasteiger partial charge in [-0.15, -0.1) is 0 Å². The summed E-state index contributed by atoms with van der Waals surface area (Å²) < 4.78 is 0. The van der Waals surface area contributed by atoms with Crippen LogP contribution in [0.1, 0.15) is 0 Å². The zero-order valence-corrected chi connectivity index (χ0v) is 5.43. The average molecular weight is 119 g/mol. The Balaban J connectivity index is -0.0000000450. The molecule has 0 aliphatic heterocycles. The molecule has 0 aliphatic carbocycles. The first kappa shape index (κ1) is 16.1. The molecule has 0 saturated heterocycles. The second kappa shape index (κ2) is 9.09. The van der Waals surface area contributed by atoms with Crippen LogP contribution in [0.15, 0.2) is 0 Å². The molecule has 0 atom stereocenters. The molecule has 0 bridgehead atoms. The van der Waals surface area contributed by atoms with Crippen LogP contribution in [0.5, 0.6) is 0 Å². The van der Waals surface area contributed by atoms with Gasteiger partial charge in [-0.3, -0.25) is 0 Å². The van der Waals surface area contributed by atoms with Gasteiger partial charge in [-0.05, 0) is 0 Å². The summed E-state index contributed by atoms with van der Waals surface area (Å²) in [4.78, 5) is 8.56. The maximum Gasteiger partial charge on any atom is 0.503 e. The van der Waals surface area contributed by atoms with Crippen molar-refractivity contribution in [3.63, 3.8) is 0 Å². The van der Waals surface area contributed by atoms with E-state index < -0.39 is 6.16 Å². The molecule has 0 aliphatic rings. The van der Waals surface area contributed by atoms with Crippen molar-refractivity contribution in [1.82, 2.24) is 6.15 Å². The van der Waals surface area contributed by atoms with Crippen LogP contribution in [0.3, 0.4) is 0 Å². The molecule has 0 amide bonds. The molecule has 0 fully saturated rings. The van der Waals surface area contributed by atoms with Crippen LogP contribution in [0, 0.1) is 0 Å². The van der Waals surface area contributed by atoms with Crippen LogP contribution < -0.4 is 6.15 Å². The molecular weight excluding hydrogens is 114 g/mol. The molecule has 0 unspecified atom stereocenters. The van der Waals surface area contributed by atoms with Crippen LogP contribution >= 0.6 is 0 Å². The van der Waals surface area contributed by atoms with E-state index in [9.17, 15) is 0 Å². The van der Waals surface area contributed by atoms with Gasteiger partial charge >= 0.3 is 6.16 Å². The van der Waals surface area contributed by atoms with Crippen LogP contribution in [-0.2, 0) is 0 Å². The van der Waals surface area contributed by atoms with Crippen molar-refractivity contribution in [1.29, 1.82) is 0 Å². The van der Waals surface area contributed by atoms with Crippen LogP contribution in [0.25, 0.3) is 0 Å². The Hall–Kier alpha value is 0.490. The van der Waals surface area contributed by atoms with Gasteiger partial charge in [0.15, 0.2) is 0 Å². The van der Waals surface area contributed by atoms with Gasteiger partial charge in [0.25, 0.3) is 0 Å². The van der Waals surface area contributed by atoms with E-state index in [4.69, 9.17) is 15.0 Å². The van der Waals surface area contributed by atoms with Gasteiger partial charge in [0.05, 0.1) is 0 Å². The summed E-state index contributed by atoms with van der Waals surface area (Å²) in [6.07, 6.45) is -1.83. The molecule has 6 heavy (non-hydrogen) atoms. The Kier molecular flexibility index (Phi) is 24.3. The predicted octanol–water partition coefficient (Wildman–Crippen LogP) is 0.00360. The fraction of sp³-hybridized carbons (Fsp3) is 0. The molecule has 0 rings (SSSR count). The van der Waals surface area contributed by atoms with Gasteiger partial charge in [0.1, 0.15) is 0 Å². The third-order valence-electron chi connectivity index (χ3n) is 0. The van der Waals surface area contributed by atoms with Crippen molar-refractivity contribution in [2.75, 3.05) is 0 Å². The van der Waals surface area contributed by atoms with E-state index in [0.29, 0.717) is 0 Å². The van der Waals surface area contributed by atoms with E-state index >= 15 is 0 Å². The van der Waals surface area contributed by atoms with Crippen molar-refractivity contribution in [2.45, 2.75) is 0 Å². The van der Waals surface area contributed by atoms with Crippen molar-refractivity contribution >= 4 is 43.9 Å². The summed E-state index contributed by atoms with van der Waals surface area (Å²) in [6, 6.07) is 0. The predicted molar refractivity (Wildman–Crippen MR) is 21.4 cm³/mol. The minimum atomic E-state index is -1.83. The fourth-order valence-electron chi connectivity index (χ4n) is 0. The minimum Gasteiger partial charge on any atom is -0.450 e. The maximum absolute atomic E-state index is 8.56. The third-order valence-corrected chi connectivity index (χ3v) is 0. The molecule has 2 radical (unpaired) electrons. The summed E-state index contributed by atoms with van der Waals surface area (Å²) in [5.41, 5.74) is 0. The summed E-state index contributed by atoms with van der Waals surface area (Å²) in [5, 5.41) is 13.9. The molecule has 5 N–H and O–H groups in total. The first-order valence-electron chi connectivity index (χ1n) is 0.651. The monoisotopic (exact) mass is 119 g/mol. The van der Waals surface area contributed by atoms with Gasteiger partial charge in [0, 0.05) is 37.7 Å². The Morgan fingerprint density at radius 2 is 1.33 bits per heavy atom. The van der Waals surface area contributed by atoms with Crippen LogP contribution in [0.2, 0.25) is 0 Å². The Labute approximate surface area is 64.7 Å². The van der Waals surface area contributed by atoms with E-state index in [0.717, 1.165) is 0 Å². The summed E-state index contributed by atoms with van der Waals surface area (Å²) in [7, 11) is 0. The fourth-order valence-corrected chi connectivity index (χ4v) is 0. The van der Waals surface area contributed by atoms with Gasteiger partial charge < -0.3 is 16.4 Å². The standard InChI is InChI=1S/CH2O3.Ca.H3N/c2-1(3)4;;/h(H2,2,3,4);;1H3. The van der Waals surface area contributed by atoms with Crippen LogP contribution in [0.4, 0.5) is 4.79 Å². The summed E-state index contributed by atoms with van der Waals surface area (Å²) in [6.45, 7) is 0. The molecule has 0 saturated carbocycles. The largest absolute Gasteiger partial charge is 0.503 e. The smallest absolute Gasteiger partial charge is 0.450 e. The Bertz CT molecular complexity index is 33.8. The number of carbonyl (C=O) groups is 1. The molecule has 5 heteroatoms. The van der Waals surface area contributed by atoms with Crippen molar-refractivity contribution in [3.05, 3.63) is 0 Å². The number of hydrogen-bond acceptors (Lipinski definition) is 2. The molecule has 4 nitrogen and oxygen atoms in total. The molecule has 0 aromatic rings. The van der Waals surface area contributed by atoms with Crippen molar-refractivity contribution < 1.29 is 15.0 Å². The van der Waals surface area contributed by atoms with Crippen LogP contribution in [-0.4, -0.2) is 54.1 Å². The topological polar surface area (TPSA) is 92.5 Å². The van der Waals surface area contributed by atoms with E-state index in [1.807, 2.05) is 0 Å². The van der Waals surface area contributed by atoms with E-state index in [1.165, 1.54) is 0 Å². The van der Waals surface area contributed by atoms with Gasteiger partial charge in [-0.2, -0.15) is 0 Å². The Morgan fingerprint density at radius 1 is 1.33 bits per heavy atom. The molecular formula is CH5CaNO3. The van der Waals surface area contributed by atoms with E-state index in [-0.39, 0.29) is 43.9 Å². The summed E-state index contributed by atoms with van der Waals surface area (Å²) in [5.74, 6) is 0. The molecule has 0 spiro atoms. The number of hydrogen-bond donors (Lipinski definition) is 3. The van der Waals surface area contributed by atoms with E-state index in [1.54, 1.807) is 0 Å². The zero-order valence-electron chi connectivity index (χ0n) is 3.22. The third kappa shape index (κ3) is 228. The van der Waals surface area contributed by atoms with Crippen molar-refractivity contribution in [3.8, 4) is 0 Å². The van der Waals surface area contributed by atoms with Crippen molar-refractivity contribution in [2.24, 2.45) is 0 Å². The Morgan fingerprint density at radius 3 is 1.33 bits per heavy atom. The first-order chi connectivity index (χ1) is 1.73. The summed E-state index contributed by atoms with van der Waals surface area (Å²) >= 11 is 0. The van der Waals surface area contributed by atoms with Gasteiger partial charge in [-0.25, -0.2) is 4.79 Å². The minimum absolute atomic E-state index is 0. The van der Waals surface area contributed by atoms with Gasteiger partial charge in [-0.1, -0.05) is 0 Å². The molecule has 0 aromatic carbocycles. The maximum atomic E-state index is 8.56. The molecule has 0 aromatic heterocycles. The second-order valence-electron chi connectivity index (χ2n) is 0.283. The molecule has 0 heterocycles. The average Bonchev–Trinajstić information content (AvgIpc) is 0.811. The second-order valence-corrected chi connectivity index (χ2v) is 0.283. The quantitative estimate of drug-likeness (QED) is 0.391. The first-order valence-corrected chi connectivity index (χ1v) is 0.651.